The van der Waals surface area contributed by atoms with E-state index < -0.39 is 12.2 Å². The fourth-order valence-corrected chi connectivity index (χ4v) is 0.949. The zero-order chi connectivity index (χ0) is 9.30. The van der Waals surface area contributed by atoms with Gasteiger partial charge in [0.1, 0.15) is 5.82 Å². The number of alkyl halides is 2. The van der Waals surface area contributed by atoms with Gasteiger partial charge in [-0.1, -0.05) is 0 Å². The van der Waals surface area contributed by atoms with Crippen LogP contribution in [0.4, 0.5) is 18.9 Å². The van der Waals surface area contributed by atoms with Crippen molar-refractivity contribution in [3.8, 4) is 0 Å². The molecule has 4 heteroatoms. The average Bonchev–Trinajstić information content (AvgIpc) is 1.96. The number of benzene rings is 1. The zero-order valence-electron chi connectivity index (χ0n) is 6.44. The highest BCUT2D eigenvalue weighted by Gasteiger charge is 2.13. The maximum absolute atomic E-state index is 12.8. The summed E-state index contributed by atoms with van der Waals surface area (Å²) in [6, 6.07) is 2.12. The lowest BCUT2D eigenvalue weighted by Gasteiger charge is -2.06. The molecule has 0 atom stereocenters. The van der Waals surface area contributed by atoms with Gasteiger partial charge >= 0.3 is 0 Å². The molecule has 0 aliphatic carbocycles. The number of nitrogens with two attached hydrogens (primary N) is 1. The summed E-state index contributed by atoms with van der Waals surface area (Å²) in [4.78, 5) is 0. The number of anilines is 1. The molecule has 0 saturated carbocycles. The molecule has 1 nitrogen and oxygen atoms in total. The number of hydrogen-bond donors (Lipinski definition) is 1. The van der Waals surface area contributed by atoms with Crippen LogP contribution in [0.15, 0.2) is 12.1 Å². The molecule has 0 heterocycles. The minimum atomic E-state index is -2.68. The Morgan fingerprint density at radius 2 is 1.92 bits per heavy atom. The predicted octanol–water partition coefficient (Wildman–Crippen LogP) is 2.65. The Morgan fingerprint density at radius 1 is 1.33 bits per heavy atom. The van der Waals surface area contributed by atoms with Gasteiger partial charge in [-0.3, -0.25) is 0 Å². The quantitative estimate of drug-likeness (QED) is 0.652. The molecule has 0 fully saturated rings. The maximum atomic E-state index is 12.8. The minimum Gasteiger partial charge on any atom is -0.399 e. The largest absolute Gasteiger partial charge is 0.399 e. The van der Waals surface area contributed by atoms with Gasteiger partial charge in [-0.25, -0.2) is 13.2 Å². The highest BCUT2D eigenvalue weighted by atomic mass is 19.3. The standard InChI is InChI=1S/C8H8F3N/c1-4-6(8(10)11)2-5(12)3-7(4)9/h2-3,8H,12H2,1H3. The van der Waals surface area contributed by atoms with Gasteiger partial charge in [-0.15, -0.1) is 0 Å². The van der Waals surface area contributed by atoms with E-state index in [0.29, 0.717) is 0 Å². The van der Waals surface area contributed by atoms with Crippen molar-refractivity contribution < 1.29 is 13.2 Å². The second-order valence-electron chi connectivity index (χ2n) is 2.52. The van der Waals surface area contributed by atoms with E-state index in [9.17, 15) is 13.2 Å². The predicted molar refractivity (Wildman–Crippen MR) is 40.5 cm³/mol. The third kappa shape index (κ3) is 1.52. The van der Waals surface area contributed by atoms with Gasteiger partial charge < -0.3 is 5.73 Å². The molecule has 0 aliphatic heterocycles. The molecule has 0 saturated heterocycles. The average molecular weight is 175 g/mol. The van der Waals surface area contributed by atoms with Crippen LogP contribution in [0.1, 0.15) is 17.6 Å². The van der Waals surface area contributed by atoms with Crippen molar-refractivity contribution in [2.24, 2.45) is 0 Å². The second kappa shape index (κ2) is 3.05. The molecule has 0 bridgehead atoms. The van der Waals surface area contributed by atoms with Crippen LogP contribution in [0.25, 0.3) is 0 Å². The van der Waals surface area contributed by atoms with E-state index in [2.05, 4.69) is 0 Å². The van der Waals surface area contributed by atoms with Crippen LogP contribution in [0.5, 0.6) is 0 Å². The van der Waals surface area contributed by atoms with Gasteiger partial charge in [0, 0.05) is 11.3 Å². The lowest BCUT2D eigenvalue weighted by atomic mass is 10.1. The smallest absolute Gasteiger partial charge is 0.264 e. The molecule has 0 spiro atoms. The molecular formula is C8H8F3N. The maximum Gasteiger partial charge on any atom is 0.264 e. The monoisotopic (exact) mass is 175 g/mol. The van der Waals surface area contributed by atoms with Gasteiger partial charge in [-0.2, -0.15) is 0 Å². The summed E-state index contributed by atoms with van der Waals surface area (Å²) >= 11 is 0. The summed E-state index contributed by atoms with van der Waals surface area (Å²) in [5, 5.41) is 0. The first kappa shape index (κ1) is 8.90. The fraction of sp³-hybridized carbons (Fsp3) is 0.250. The van der Waals surface area contributed by atoms with E-state index in [4.69, 9.17) is 5.73 Å². The molecule has 0 aliphatic rings. The van der Waals surface area contributed by atoms with Crippen molar-refractivity contribution in [2.75, 3.05) is 5.73 Å². The Bertz CT molecular complexity index is 297. The summed E-state index contributed by atoms with van der Waals surface area (Å²) in [6.07, 6.45) is -2.68. The highest BCUT2D eigenvalue weighted by molar-refractivity contribution is 5.45. The first-order valence-electron chi connectivity index (χ1n) is 3.36. The Kier molecular flexibility index (Phi) is 2.26. The Hall–Kier alpha value is -1.19. The van der Waals surface area contributed by atoms with Crippen LogP contribution in [-0.4, -0.2) is 0 Å². The van der Waals surface area contributed by atoms with Crippen molar-refractivity contribution in [3.63, 3.8) is 0 Å². The van der Waals surface area contributed by atoms with Gasteiger partial charge in [0.05, 0.1) is 0 Å². The summed E-state index contributed by atoms with van der Waals surface area (Å²) in [7, 11) is 0. The Balaban J connectivity index is 3.28. The molecule has 0 radical (unpaired) electrons. The topological polar surface area (TPSA) is 26.0 Å². The molecular weight excluding hydrogens is 167 g/mol. The third-order valence-electron chi connectivity index (χ3n) is 1.64. The minimum absolute atomic E-state index is 0.0217. The van der Waals surface area contributed by atoms with Crippen molar-refractivity contribution in [2.45, 2.75) is 13.3 Å². The lowest BCUT2D eigenvalue weighted by molar-refractivity contribution is 0.150. The van der Waals surface area contributed by atoms with Crippen molar-refractivity contribution in [1.29, 1.82) is 0 Å². The number of halogens is 3. The van der Waals surface area contributed by atoms with Crippen LogP contribution in [0.2, 0.25) is 0 Å². The molecule has 1 aromatic rings. The van der Waals surface area contributed by atoms with Crippen molar-refractivity contribution in [1.82, 2.24) is 0 Å². The fourth-order valence-electron chi connectivity index (χ4n) is 0.949. The van der Waals surface area contributed by atoms with E-state index >= 15 is 0 Å². The molecule has 0 aromatic heterocycles. The van der Waals surface area contributed by atoms with Gasteiger partial charge in [0.2, 0.25) is 0 Å². The Labute approximate surface area is 68.0 Å². The van der Waals surface area contributed by atoms with Gasteiger partial charge in [0.25, 0.3) is 6.43 Å². The number of nitrogen functional groups attached to an aromatic ring is 1. The molecule has 0 unspecified atom stereocenters. The molecule has 66 valence electrons. The van der Waals surface area contributed by atoms with Gasteiger partial charge in [0.15, 0.2) is 0 Å². The third-order valence-corrected chi connectivity index (χ3v) is 1.64. The van der Waals surface area contributed by atoms with Crippen LogP contribution in [0, 0.1) is 12.7 Å². The van der Waals surface area contributed by atoms with E-state index in [1.807, 2.05) is 0 Å². The van der Waals surface area contributed by atoms with Crippen molar-refractivity contribution in [3.05, 3.63) is 29.1 Å². The van der Waals surface area contributed by atoms with Crippen LogP contribution >= 0.6 is 0 Å². The Morgan fingerprint density at radius 3 is 2.42 bits per heavy atom. The number of rotatable bonds is 1. The highest BCUT2D eigenvalue weighted by Crippen LogP contribution is 2.26. The van der Waals surface area contributed by atoms with Crippen LogP contribution in [-0.2, 0) is 0 Å². The van der Waals surface area contributed by atoms with E-state index in [-0.39, 0.29) is 16.8 Å². The lowest BCUT2D eigenvalue weighted by Crippen LogP contribution is -1.96. The molecule has 1 rings (SSSR count). The van der Waals surface area contributed by atoms with Crippen molar-refractivity contribution >= 4 is 5.69 Å². The summed E-state index contributed by atoms with van der Waals surface area (Å²) in [5.41, 5.74) is 4.83. The normalized spacial score (nSPS) is 10.8. The van der Waals surface area contributed by atoms with Crippen LogP contribution < -0.4 is 5.73 Å². The molecule has 12 heavy (non-hydrogen) atoms. The molecule has 0 amide bonds. The second-order valence-corrected chi connectivity index (χ2v) is 2.52. The van der Waals surface area contributed by atoms with E-state index in [1.165, 1.54) is 6.92 Å². The number of hydrogen-bond acceptors (Lipinski definition) is 1. The zero-order valence-corrected chi connectivity index (χ0v) is 6.44. The van der Waals surface area contributed by atoms with Gasteiger partial charge in [-0.05, 0) is 24.6 Å². The summed E-state index contributed by atoms with van der Waals surface area (Å²) in [5.74, 6) is -0.690. The van der Waals surface area contributed by atoms with E-state index in [1.54, 1.807) is 0 Å². The van der Waals surface area contributed by atoms with E-state index in [0.717, 1.165) is 12.1 Å². The first-order valence-corrected chi connectivity index (χ1v) is 3.36. The SMILES string of the molecule is Cc1c(F)cc(N)cc1C(F)F. The first-order chi connectivity index (χ1) is 5.52. The summed E-state index contributed by atoms with van der Waals surface area (Å²) < 4.78 is 37.1. The summed E-state index contributed by atoms with van der Waals surface area (Å²) in [6.45, 7) is 1.30. The molecule has 2 N–H and O–H groups in total. The molecule has 1 aromatic carbocycles. The van der Waals surface area contributed by atoms with Crippen LogP contribution in [0.3, 0.4) is 0 Å².